The van der Waals surface area contributed by atoms with Gasteiger partial charge >= 0.3 is 6.09 Å². The van der Waals surface area contributed by atoms with Crippen LogP contribution in [0.3, 0.4) is 0 Å². The number of halogens is 2. The van der Waals surface area contributed by atoms with Crippen LogP contribution in [0.15, 0.2) is 48.9 Å². The minimum absolute atomic E-state index is 0.208. The van der Waals surface area contributed by atoms with Gasteiger partial charge in [0.2, 0.25) is 0 Å². The number of piperidine rings is 1. The van der Waals surface area contributed by atoms with Crippen LogP contribution in [0.2, 0.25) is 10.0 Å². The Kier molecular flexibility index (Phi) is 7.16. The molecule has 208 valence electrons. The number of rotatable bonds is 6. The Bertz CT molecular complexity index is 1510. The number of pyridine rings is 2. The lowest BCUT2D eigenvalue weighted by atomic mass is 9.72. The first kappa shape index (κ1) is 26.6. The van der Waals surface area contributed by atoms with E-state index in [0.29, 0.717) is 28.0 Å². The molecule has 0 aliphatic carbocycles. The molecule has 0 saturated carbocycles. The standard InChI is InChI=1S/C28H29Cl2N7O3/c1-2-39-27(38)36-9-7-28(8-10-36)15-37(16-28)23-6-3-17(12-33-23)25-19-11-18(4-5-22(19)34-35-25)40-26(31)24-20(29)13-32-14-21(24)30/h3-6,11-14,26H,2,7-10,15-16,31H2,1H3,(H,34,35)/t26-/m0/s1. The number of hydrogen-bond donors (Lipinski definition) is 2. The highest BCUT2D eigenvalue weighted by Crippen LogP contribution is 2.42. The van der Waals surface area contributed by atoms with Crippen LogP contribution in [0.1, 0.15) is 31.6 Å². The largest absolute Gasteiger partial charge is 0.471 e. The Morgan fingerprint density at radius 3 is 2.55 bits per heavy atom. The third-order valence-corrected chi connectivity index (χ3v) is 8.32. The minimum atomic E-state index is -0.867. The van der Waals surface area contributed by atoms with E-state index in [2.05, 4.69) is 20.1 Å². The zero-order valence-electron chi connectivity index (χ0n) is 21.9. The molecule has 6 rings (SSSR count). The van der Waals surface area contributed by atoms with Crippen LogP contribution in [-0.4, -0.2) is 63.9 Å². The number of carbonyl (C=O) groups excluding carboxylic acids is 1. The quantitative estimate of drug-likeness (QED) is 0.289. The van der Waals surface area contributed by atoms with E-state index in [1.807, 2.05) is 48.4 Å². The number of hydrogen-bond acceptors (Lipinski definition) is 8. The number of ether oxygens (including phenoxy) is 2. The molecule has 1 amide bonds. The summed E-state index contributed by atoms with van der Waals surface area (Å²) in [5, 5.41) is 9.15. The number of carbonyl (C=O) groups is 1. The van der Waals surface area contributed by atoms with Crippen molar-refractivity contribution in [2.24, 2.45) is 11.1 Å². The van der Waals surface area contributed by atoms with E-state index in [1.165, 1.54) is 12.4 Å². The first-order valence-electron chi connectivity index (χ1n) is 13.2. The fourth-order valence-corrected chi connectivity index (χ4v) is 6.10. The van der Waals surface area contributed by atoms with E-state index < -0.39 is 6.23 Å². The minimum Gasteiger partial charge on any atom is -0.471 e. The zero-order chi connectivity index (χ0) is 27.9. The average molecular weight is 582 g/mol. The van der Waals surface area contributed by atoms with Crippen LogP contribution in [0, 0.1) is 5.41 Å². The molecule has 2 aliphatic heterocycles. The number of aromatic amines is 1. The number of amides is 1. The van der Waals surface area contributed by atoms with E-state index in [9.17, 15) is 4.79 Å². The highest BCUT2D eigenvalue weighted by molar-refractivity contribution is 6.35. The van der Waals surface area contributed by atoms with E-state index in [4.69, 9.17) is 43.4 Å². The Labute approximate surface area is 241 Å². The zero-order valence-corrected chi connectivity index (χ0v) is 23.5. The van der Waals surface area contributed by atoms with Gasteiger partial charge in [0.15, 0.2) is 6.23 Å². The molecule has 0 radical (unpaired) electrons. The van der Waals surface area contributed by atoms with Gasteiger partial charge in [0.1, 0.15) is 17.3 Å². The summed E-state index contributed by atoms with van der Waals surface area (Å²) in [6, 6.07) is 9.64. The summed E-state index contributed by atoms with van der Waals surface area (Å²) < 4.78 is 11.1. The lowest BCUT2D eigenvalue weighted by Crippen LogP contribution is -2.61. The number of nitrogens with two attached hydrogens (primary N) is 1. The monoisotopic (exact) mass is 581 g/mol. The van der Waals surface area contributed by atoms with Crippen molar-refractivity contribution in [2.75, 3.05) is 37.7 Å². The normalized spacial score (nSPS) is 17.1. The van der Waals surface area contributed by atoms with Crippen molar-refractivity contribution >= 4 is 46.0 Å². The maximum absolute atomic E-state index is 12.0. The van der Waals surface area contributed by atoms with Crippen molar-refractivity contribution in [2.45, 2.75) is 26.0 Å². The molecular formula is C28H29Cl2N7O3. The summed E-state index contributed by atoms with van der Waals surface area (Å²) in [4.78, 5) is 24.8. The Morgan fingerprint density at radius 2 is 1.88 bits per heavy atom. The van der Waals surface area contributed by atoms with Gasteiger partial charge in [-0.15, -0.1) is 0 Å². The number of likely N-dealkylation sites (tertiary alicyclic amines) is 1. The van der Waals surface area contributed by atoms with Crippen molar-refractivity contribution in [3.8, 4) is 17.0 Å². The molecule has 1 spiro atoms. The molecular weight excluding hydrogens is 553 g/mol. The molecule has 3 aromatic heterocycles. The molecule has 4 aromatic rings. The van der Waals surface area contributed by atoms with Crippen LogP contribution in [0.5, 0.6) is 5.75 Å². The first-order valence-corrected chi connectivity index (χ1v) is 13.9. The Balaban J connectivity index is 1.13. The van der Waals surface area contributed by atoms with Gasteiger partial charge < -0.3 is 19.3 Å². The van der Waals surface area contributed by atoms with Gasteiger partial charge in [0.25, 0.3) is 0 Å². The number of benzene rings is 1. The maximum atomic E-state index is 12.0. The number of fused-ring (bicyclic) bond motifs is 1. The van der Waals surface area contributed by atoms with Gasteiger partial charge in [0, 0.05) is 66.7 Å². The lowest BCUT2D eigenvalue weighted by Gasteiger charge is -2.54. The third kappa shape index (κ3) is 5.02. The van der Waals surface area contributed by atoms with Gasteiger partial charge in [-0.3, -0.25) is 15.8 Å². The van der Waals surface area contributed by atoms with Crippen LogP contribution < -0.4 is 15.4 Å². The number of nitrogens with one attached hydrogen (secondary N) is 1. The van der Waals surface area contributed by atoms with Gasteiger partial charge in [-0.2, -0.15) is 5.10 Å². The van der Waals surface area contributed by atoms with Crippen molar-refractivity contribution < 1.29 is 14.3 Å². The van der Waals surface area contributed by atoms with Crippen LogP contribution in [0.4, 0.5) is 10.6 Å². The molecule has 2 fully saturated rings. The average Bonchev–Trinajstić information content (AvgIpc) is 3.35. The molecule has 2 aliphatic rings. The molecule has 3 N–H and O–H groups in total. The summed E-state index contributed by atoms with van der Waals surface area (Å²) >= 11 is 12.5. The SMILES string of the molecule is CCOC(=O)N1CCC2(CC1)CN(c1ccc(-c3n[nH]c4ccc(O[C@H](N)c5c(Cl)cncc5Cl)cc34)cn1)C2. The summed E-state index contributed by atoms with van der Waals surface area (Å²) in [6.45, 7) is 5.60. The second-order valence-electron chi connectivity index (χ2n) is 10.3. The fraction of sp³-hybridized carbons (Fsp3) is 0.357. The molecule has 12 heteroatoms. The predicted molar refractivity (Wildman–Crippen MR) is 154 cm³/mol. The third-order valence-electron chi connectivity index (χ3n) is 7.72. The van der Waals surface area contributed by atoms with E-state index in [0.717, 1.165) is 67.0 Å². The fourth-order valence-electron chi connectivity index (χ4n) is 5.52. The summed E-state index contributed by atoms with van der Waals surface area (Å²) in [6.07, 6.45) is 5.69. The van der Waals surface area contributed by atoms with Crippen molar-refractivity contribution in [1.29, 1.82) is 0 Å². The van der Waals surface area contributed by atoms with Gasteiger partial charge in [-0.05, 0) is 50.1 Å². The van der Waals surface area contributed by atoms with Gasteiger partial charge in [0.05, 0.1) is 22.2 Å². The van der Waals surface area contributed by atoms with Crippen molar-refractivity contribution in [3.63, 3.8) is 0 Å². The molecule has 2 saturated heterocycles. The molecule has 5 heterocycles. The van der Waals surface area contributed by atoms with Crippen LogP contribution >= 0.6 is 23.2 Å². The van der Waals surface area contributed by atoms with E-state index >= 15 is 0 Å². The van der Waals surface area contributed by atoms with Crippen molar-refractivity contribution in [1.82, 2.24) is 25.1 Å². The number of anilines is 1. The van der Waals surface area contributed by atoms with Gasteiger partial charge in [-0.1, -0.05) is 23.2 Å². The smallest absolute Gasteiger partial charge is 0.409 e. The lowest BCUT2D eigenvalue weighted by molar-refractivity contribution is 0.0550. The summed E-state index contributed by atoms with van der Waals surface area (Å²) in [5.74, 6) is 1.49. The van der Waals surface area contributed by atoms with Gasteiger partial charge in [-0.25, -0.2) is 9.78 Å². The number of nitrogens with zero attached hydrogens (tertiary/aromatic N) is 5. The molecule has 1 aromatic carbocycles. The number of H-pyrrole nitrogens is 1. The highest BCUT2D eigenvalue weighted by atomic mass is 35.5. The van der Waals surface area contributed by atoms with Crippen molar-refractivity contribution in [3.05, 3.63) is 64.5 Å². The number of aromatic nitrogens is 4. The maximum Gasteiger partial charge on any atom is 0.409 e. The molecule has 0 bridgehead atoms. The van der Waals surface area contributed by atoms with Crippen LogP contribution in [0.25, 0.3) is 22.2 Å². The molecule has 40 heavy (non-hydrogen) atoms. The second-order valence-corrected chi connectivity index (χ2v) is 11.1. The second kappa shape index (κ2) is 10.8. The highest BCUT2D eigenvalue weighted by Gasteiger charge is 2.46. The van der Waals surface area contributed by atoms with E-state index in [-0.39, 0.29) is 11.5 Å². The first-order chi connectivity index (χ1) is 19.4. The molecule has 10 nitrogen and oxygen atoms in total. The predicted octanol–water partition coefficient (Wildman–Crippen LogP) is 5.42. The summed E-state index contributed by atoms with van der Waals surface area (Å²) in [7, 11) is 0. The molecule has 1 atom stereocenters. The van der Waals surface area contributed by atoms with Crippen LogP contribution in [-0.2, 0) is 4.74 Å². The van der Waals surface area contributed by atoms with E-state index in [1.54, 1.807) is 0 Å². The molecule has 0 unspecified atom stereocenters. The Morgan fingerprint density at radius 1 is 1.12 bits per heavy atom. The summed E-state index contributed by atoms with van der Waals surface area (Å²) in [5.41, 5.74) is 9.49. The Hall–Kier alpha value is -3.60. The topological polar surface area (TPSA) is 122 Å².